The van der Waals surface area contributed by atoms with E-state index in [2.05, 4.69) is 19.2 Å². The summed E-state index contributed by atoms with van der Waals surface area (Å²) in [6.07, 6.45) is 9.95. The molecule has 1 amide bonds. The summed E-state index contributed by atoms with van der Waals surface area (Å²) in [5, 5.41) is 3.07. The molecule has 0 heterocycles. The number of esters is 1. The molecule has 0 saturated heterocycles. The molecule has 1 aliphatic rings. The first-order chi connectivity index (χ1) is 15.6. The first kappa shape index (κ1) is 26.0. The molecule has 1 fully saturated rings. The average Bonchev–Trinajstić information content (AvgIpc) is 2.80. The van der Waals surface area contributed by atoms with Crippen molar-refractivity contribution in [3.8, 4) is 11.5 Å². The van der Waals surface area contributed by atoms with Crippen LogP contribution in [0.2, 0.25) is 0 Å². The molecule has 2 rings (SSSR count). The van der Waals surface area contributed by atoms with Gasteiger partial charge in [-0.3, -0.25) is 9.59 Å². The Kier molecular flexibility index (Phi) is 12.0. The third-order valence-electron chi connectivity index (χ3n) is 5.89. The van der Waals surface area contributed by atoms with Crippen molar-refractivity contribution in [3.63, 3.8) is 0 Å². The minimum Gasteiger partial charge on any atom is -0.490 e. The Morgan fingerprint density at radius 1 is 0.906 bits per heavy atom. The van der Waals surface area contributed by atoms with E-state index in [0.29, 0.717) is 36.9 Å². The fraction of sp³-hybridized carbons (Fsp3) is 0.692. The summed E-state index contributed by atoms with van der Waals surface area (Å²) in [6.45, 7) is 7.71. The summed E-state index contributed by atoms with van der Waals surface area (Å²) in [5.41, 5.74) is 0.518. The highest BCUT2D eigenvalue weighted by Crippen LogP contribution is 2.30. The highest BCUT2D eigenvalue weighted by Gasteiger charge is 2.33. The molecule has 1 N–H and O–H groups in total. The van der Waals surface area contributed by atoms with Crippen LogP contribution in [0.15, 0.2) is 18.2 Å². The predicted molar refractivity (Wildman–Crippen MR) is 126 cm³/mol. The number of hydrogen-bond acceptors (Lipinski definition) is 5. The maximum atomic E-state index is 13.0. The highest BCUT2D eigenvalue weighted by molar-refractivity contribution is 5.95. The monoisotopic (exact) mass is 447 g/mol. The zero-order chi connectivity index (χ0) is 23.2. The Labute approximate surface area is 193 Å². The smallest absolute Gasteiger partial charge is 0.311 e. The van der Waals surface area contributed by atoms with Crippen LogP contribution in [0.1, 0.15) is 95.3 Å². The molecule has 0 radical (unpaired) electrons. The third-order valence-corrected chi connectivity index (χ3v) is 5.89. The minimum absolute atomic E-state index is 0.192. The Balaban J connectivity index is 2.08. The molecule has 2 atom stereocenters. The maximum Gasteiger partial charge on any atom is 0.311 e. The fourth-order valence-electron chi connectivity index (χ4n) is 4.04. The molecule has 6 heteroatoms. The zero-order valence-electron chi connectivity index (χ0n) is 20.1. The molecule has 1 saturated carbocycles. The van der Waals surface area contributed by atoms with E-state index in [9.17, 15) is 9.59 Å². The number of rotatable bonds is 14. The van der Waals surface area contributed by atoms with Gasteiger partial charge in [0, 0.05) is 11.6 Å². The second-order valence-electron chi connectivity index (χ2n) is 8.50. The number of nitrogens with one attached hydrogen (secondary N) is 1. The molecule has 180 valence electrons. The van der Waals surface area contributed by atoms with Gasteiger partial charge < -0.3 is 19.5 Å². The number of unbranched alkanes of at least 4 members (excludes halogenated alkanes) is 4. The van der Waals surface area contributed by atoms with Gasteiger partial charge in [-0.2, -0.15) is 0 Å². The van der Waals surface area contributed by atoms with Crippen LogP contribution in [-0.4, -0.2) is 37.7 Å². The van der Waals surface area contributed by atoms with Gasteiger partial charge >= 0.3 is 5.97 Å². The number of amides is 1. The van der Waals surface area contributed by atoms with Gasteiger partial charge in [-0.05, 0) is 50.8 Å². The van der Waals surface area contributed by atoms with Crippen molar-refractivity contribution in [2.75, 3.05) is 19.8 Å². The van der Waals surface area contributed by atoms with E-state index in [1.165, 1.54) is 0 Å². The predicted octanol–water partition coefficient (Wildman–Crippen LogP) is 5.68. The normalized spacial score (nSPS) is 18.1. The zero-order valence-corrected chi connectivity index (χ0v) is 20.1. The molecule has 1 aromatic rings. The molecule has 32 heavy (non-hydrogen) atoms. The first-order valence-corrected chi connectivity index (χ1v) is 12.5. The van der Waals surface area contributed by atoms with E-state index in [4.69, 9.17) is 14.2 Å². The second kappa shape index (κ2) is 14.8. The van der Waals surface area contributed by atoms with Crippen LogP contribution < -0.4 is 14.8 Å². The van der Waals surface area contributed by atoms with E-state index in [0.717, 1.165) is 64.2 Å². The van der Waals surface area contributed by atoms with Crippen molar-refractivity contribution in [1.82, 2.24) is 5.32 Å². The van der Waals surface area contributed by atoms with E-state index in [1.54, 1.807) is 12.1 Å². The Morgan fingerprint density at radius 3 is 2.22 bits per heavy atom. The van der Waals surface area contributed by atoms with Crippen LogP contribution in [0.4, 0.5) is 0 Å². The van der Waals surface area contributed by atoms with Crippen LogP contribution in [0.5, 0.6) is 11.5 Å². The lowest BCUT2D eigenvalue weighted by Gasteiger charge is -2.30. The molecular formula is C26H41NO5. The number of carbonyl (C=O) groups excluding carboxylic acids is 2. The van der Waals surface area contributed by atoms with Gasteiger partial charge in [0.15, 0.2) is 11.5 Å². The molecule has 6 nitrogen and oxygen atoms in total. The van der Waals surface area contributed by atoms with E-state index < -0.39 is 0 Å². The maximum absolute atomic E-state index is 13.0. The minimum atomic E-state index is -0.279. The van der Waals surface area contributed by atoms with Crippen molar-refractivity contribution in [1.29, 1.82) is 0 Å². The highest BCUT2D eigenvalue weighted by atomic mass is 16.5. The van der Waals surface area contributed by atoms with Crippen molar-refractivity contribution >= 4 is 11.9 Å². The first-order valence-electron chi connectivity index (χ1n) is 12.5. The van der Waals surface area contributed by atoms with Gasteiger partial charge in [0.25, 0.3) is 5.91 Å². The van der Waals surface area contributed by atoms with E-state index in [1.807, 2.05) is 13.0 Å². The number of carbonyl (C=O) groups is 2. The van der Waals surface area contributed by atoms with Crippen LogP contribution in [-0.2, 0) is 9.53 Å². The summed E-state index contributed by atoms with van der Waals surface area (Å²) in [5.74, 6) is 0.598. The van der Waals surface area contributed by atoms with Gasteiger partial charge in [0.2, 0.25) is 0 Å². The van der Waals surface area contributed by atoms with Gasteiger partial charge in [-0.1, -0.05) is 52.4 Å². The molecule has 1 aromatic carbocycles. The summed E-state index contributed by atoms with van der Waals surface area (Å²) in [4.78, 5) is 25.4. The van der Waals surface area contributed by atoms with E-state index >= 15 is 0 Å². The molecular weight excluding hydrogens is 406 g/mol. The van der Waals surface area contributed by atoms with Crippen molar-refractivity contribution in [2.45, 2.75) is 91.0 Å². The number of ether oxygens (including phenoxy) is 3. The van der Waals surface area contributed by atoms with Crippen LogP contribution in [0.3, 0.4) is 0 Å². The summed E-state index contributed by atoms with van der Waals surface area (Å²) in [6, 6.07) is 5.15. The van der Waals surface area contributed by atoms with Crippen LogP contribution >= 0.6 is 0 Å². The number of benzene rings is 1. The Morgan fingerprint density at radius 2 is 1.56 bits per heavy atom. The summed E-state index contributed by atoms with van der Waals surface area (Å²) < 4.78 is 17.2. The standard InChI is InChI=1S/C26H41NO5/c1-4-7-11-17-31-23-16-15-20(19-24(23)32-18-12-8-5-2)25(28)27-22-14-10-9-13-21(22)26(29)30-6-3/h15-16,19,21-22H,4-14,17-18H2,1-3H3,(H,27,28)/t21-,22+/m1/s1. The molecule has 0 spiro atoms. The average molecular weight is 448 g/mol. The lowest BCUT2D eigenvalue weighted by Crippen LogP contribution is -2.45. The molecule has 0 aliphatic heterocycles. The van der Waals surface area contributed by atoms with Gasteiger partial charge in [-0.15, -0.1) is 0 Å². The Hall–Kier alpha value is -2.24. The quantitative estimate of drug-likeness (QED) is 0.293. The summed E-state index contributed by atoms with van der Waals surface area (Å²) in [7, 11) is 0. The van der Waals surface area contributed by atoms with Gasteiger partial charge in [-0.25, -0.2) is 0 Å². The van der Waals surface area contributed by atoms with Crippen LogP contribution in [0, 0.1) is 5.92 Å². The Bertz CT molecular complexity index is 705. The van der Waals surface area contributed by atoms with Crippen molar-refractivity contribution < 1.29 is 23.8 Å². The molecule has 0 bridgehead atoms. The van der Waals surface area contributed by atoms with E-state index in [-0.39, 0.29) is 23.8 Å². The summed E-state index contributed by atoms with van der Waals surface area (Å²) >= 11 is 0. The molecule has 1 aliphatic carbocycles. The fourth-order valence-corrected chi connectivity index (χ4v) is 4.04. The molecule has 0 unspecified atom stereocenters. The second-order valence-corrected chi connectivity index (χ2v) is 8.50. The van der Waals surface area contributed by atoms with Crippen LogP contribution in [0.25, 0.3) is 0 Å². The van der Waals surface area contributed by atoms with Crippen molar-refractivity contribution in [2.24, 2.45) is 5.92 Å². The SMILES string of the molecule is CCCCCOc1ccc(C(=O)N[C@H]2CCCC[C@H]2C(=O)OCC)cc1OCCCCC. The molecule has 0 aromatic heterocycles. The lowest BCUT2D eigenvalue weighted by atomic mass is 9.84. The lowest BCUT2D eigenvalue weighted by molar-refractivity contribution is -0.150. The van der Waals surface area contributed by atoms with Crippen molar-refractivity contribution in [3.05, 3.63) is 23.8 Å². The third kappa shape index (κ3) is 8.36. The topological polar surface area (TPSA) is 73.9 Å². The largest absolute Gasteiger partial charge is 0.490 e. The van der Waals surface area contributed by atoms with Gasteiger partial charge in [0.05, 0.1) is 25.7 Å². The number of hydrogen-bond donors (Lipinski definition) is 1. The van der Waals surface area contributed by atoms with Gasteiger partial charge in [0.1, 0.15) is 0 Å².